The first-order chi connectivity index (χ1) is 20.1. The van der Waals surface area contributed by atoms with E-state index >= 15 is 4.39 Å². The molecule has 0 radical (unpaired) electrons. The average molecular weight is 594 g/mol. The minimum atomic E-state index is -0.626. The Balaban J connectivity index is 1.44. The van der Waals surface area contributed by atoms with Gasteiger partial charge in [0.1, 0.15) is 11.6 Å². The number of carbonyl (C=O) groups excluding carboxylic acids is 3. The van der Waals surface area contributed by atoms with Crippen LogP contribution in [-0.2, 0) is 21.4 Å². The maximum atomic E-state index is 15.0. The number of hydrogen-bond donors (Lipinski definition) is 0. The number of nitrogens with zero attached hydrogens (tertiary/aromatic N) is 3. The van der Waals surface area contributed by atoms with Gasteiger partial charge in [0, 0.05) is 73.7 Å². The third-order valence-electron chi connectivity index (χ3n) is 10.3. The van der Waals surface area contributed by atoms with Crippen molar-refractivity contribution in [3.63, 3.8) is 0 Å². The molecule has 2 heterocycles. The number of Topliss-reactive ketones (excluding diaryl/α,β-unsaturated/α-hetero) is 1. The number of benzene rings is 2. The fourth-order valence-electron chi connectivity index (χ4n) is 8.04. The lowest BCUT2D eigenvalue weighted by Crippen LogP contribution is -2.58. The molecule has 2 amide bonds. The Kier molecular flexibility index (Phi) is 8.31. The molecular formula is C35H45F2N3O3. The van der Waals surface area contributed by atoms with Gasteiger partial charge >= 0.3 is 0 Å². The second kappa shape index (κ2) is 11.4. The SMILES string of the molecule is CC(=O)c1ccc2c(c1)C[C@@H](N(C(C)=O)C(C)C)C21CCN(C(=O)[C@@H]2CN(C(C)(C)C)C[C@H]2c2ccc(F)cc2F)CC1. The third kappa shape index (κ3) is 5.63. The van der Waals surface area contributed by atoms with E-state index in [4.69, 9.17) is 0 Å². The van der Waals surface area contributed by atoms with Crippen LogP contribution in [0.3, 0.4) is 0 Å². The Morgan fingerprint density at radius 2 is 1.65 bits per heavy atom. The van der Waals surface area contributed by atoms with Crippen LogP contribution < -0.4 is 0 Å². The molecule has 2 fully saturated rings. The molecule has 0 saturated carbocycles. The zero-order valence-corrected chi connectivity index (χ0v) is 26.5. The molecule has 0 unspecified atom stereocenters. The molecule has 2 aromatic carbocycles. The van der Waals surface area contributed by atoms with E-state index in [1.165, 1.54) is 17.7 Å². The van der Waals surface area contributed by atoms with Gasteiger partial charge in [0.05, 0.1) is 5.92 Å². The highest BCUT2D eigenvalue weighted by Gasteiger charge is 2.53. The second-order valence-electron chi connectivity index (χ2n) is 14.1. The van der Waals surface area contributed by atoms with Gasteiger partial charge in [-0.1, -0.05) is 18.2 Å². The molecule has 0 aromatic heterocycles. The van der Waals surface area contributed by atoms with E-state index in [0.717, 1.165) is 11.6 Å². The lowest BCUT2D eigenvalue weighted by Gasteiger charge is -2.49. The van der Waals surface area contributed by atoms with Crippen molar-refractivity contribution in [3.8, 4) is 0 Å². The largest absolute Gasteiger partial charge is 0.342 e. The third-order valence-corrected chi connectivity index (χ3v) is 10.3. The number of amides is 2. The first-order valence-electron chi connectivity index (χ1n) is 15.6. The van der Waals surface area contributed by atoms with Crippen molar-refractivity contribution in [2.75, 3.05) is 26.2 Å². The summed E-state index contributed by atoms with van der Waals surface area (Å²) < 4.78 is 28.8. The quantitative estimate of drug-likeness (QED) is 0.416. The summed E-state index contributed by atoms with van der Waals surface area (Å²) in [5, 5.41) is 0. The molecule has 2 saturated heterocycles. The van der Waals surface area contributed by atoms with Crippen LogP contribution in [0, 0.1) is 17.6 Å². The van der Waals surface area contributed by atoms with E-state index < -0.39 is 17.6 Å². The summed E-state index contributed by atoms with van der Waals surface area (Å²) in [6, 6.07) is 9.55. The fraction of sp³-hybridized carbons (Fsp3) is 0.571. The molecule has 1 spiro atoms. The number of rotatable bonds is 5. The highest BCUT2D eigenvalue weighted by atomic mass is 19.1. The molecule has 3 atom stereocenters. The number of piperidine rings is 1. The van der Waals surface area contributed by atoms with Gasteiger partial charge in [-0.05, 0) is 89.6 Å². The second-order valence-corrected chi connectivity index (χ2v) is 14.1. The minimum absolute atomic E-state index is 0.00399. The highest BCUT2D eigenvalue weighted by molar-refractivity contribution is 5.94. The lowest BCUT2D eigenvalue weighted by molar-refractivity contribution is -0.140. The first kappa shape index (κ1) is 31.3. The van der Waals surface area contributed by atoms with E-state index in [-0.39, 0.29) is 46.6 Å². The molecule has 0 bridgehead atoms. The van der Waals surface area contributed by atoms with Crippen LogP contribution in [0.15, 0.2) is 36.4 Å². The van der Waals surface area contributed by atoms with Crippen molar-refractivity contribution < 1.29 is 23.2 Å². The molecule has 5 rings (SSSR count). The number of ketones is 1. The molecule has 1 aliphatic carbocycles. The van der Waals surface area contributed by atoms with Crippen LogP contribution in [-0.4, -0.2) is 76.1 Å². The van der Waals surface area contributed by atoms with E-state index in [1.54, 1.807) is 13.8 Å². The van der Waals surface area contributed by atoms with E-state index in [9.17, 15) is 18.8 Å². The summed E-state index contributed by atoms with van der Waals surface area (Å²) in [5.41, 5.74) is 2.81. The first-order valence-corrected chi connectivity index (χ1v) is 15.6. The Labute approximate surface area is 254 Å². The number of carbonyl (C=O) groups is 3. The molecular weight excluding hydrogens is 548 g/mol. The van der Waals surface area contributed by atoms with E-state index in [1.807, 2.05) is 35.8 Å². The number of hydrogen-bond acceptors (Lipinski definition) is 4. The summed E-state index contributed by atoms with van der Waals surface area (Å²) in [6.07, 6.45) is 2.06. The molecule has 3 aliphatic rings. The Hall–Kier alpha value is -3.13. The van der Waals surface area contributed by atoms with E-state index in [2.05, 4.69) is 31.7 Å². The van der Waals surface area contributed by atoms with Crippen molar-refractivity contribution in [3.05, 3.63) is 70.3 Å². The van der Waals surface area contributed by atoms with Gasteiger partial charge in [0.15, 0.2) is 5.78 Å². The molecule has 2 aromatic rings. The Morgan fingerprint density at radius 1 is 0.977 bits per heavy atom. The van der Waals surface area contributed by atoms with Crippen LogP contribution in [0.2, 0.25) is 0 Å². The summed E-state index contributed by atoms with van der Waals surface area (Å²) in [6.45, 7) is 15.6. The van der Waals surface area contributed by atoms with Crippen molar-refractivity contribution in [1.82, 2.24) is 14.7 Å². The van der Waals surface area contributed by atoms with Gasteiger partial charge in [0.25, 0.3) is 0 Å². The van der Waals surface area contributed by atoms with E-state index in [0.29, 0.717) is 56.6 Å². The van der Waals surface area contributed by atoms with Crippen LogP contribution in [0.4, 0.5) is 8.78 Å². The van der Waals surface area contributed by atoms with Crippen LogP contribution in [0.25, 0.3) is 0 Å². The summed E-state index contributed by atoms with van der Waals surface area (Å²) in [5.74, 6) is -2.01. The smallest absolute Gasteiger partial charge is 0.227 e. The monoisotopic (exact) mass is 593 g/mol. The number of fused-ring (bicyclic) bond motifs is 2. The molecule has 0 N–H and O–H groups in total. The summed E-state index contributed by atoms with van der Waals surface area (Å²) in [4.78, 5) is 45.5. The molecule has 43 heavy (non-hydrogen) atoms. The molecule has 2 aliphatic heterocycles. The topological polar surface area (TPSA) is 60.9 Å². The van der Waals surface area contributed by atoms with Gasteiger partial charge in [-0.2, -0.15) is 0 Å². The Bertz CT molecular complexity index is 1420. The Morgan fingerprint density at radius 3 is 2.21 bits per heavy atom. The predicted octanol–water partition coefficient (Wildman–Crippen LogP) is 5.72. The minimum Gasteiger partial charge on any atom is -0.342 e. The van der Waals surface area contributed by atoms with Gasteiger partial charge in [-0.3, -0.25) is 19.3 Å². The van der Waals surface area contributed by atoms with Crippen molar-refractivity contribution in [2.45, 2.75) is 96.7 Å². The number of likely N-dealkylation sites (tertiary alicyclic amines) is 2. The van der Waals surface area contributed by atoms with Crippen LogP contribution in [0.5, 0.6) is 0 Å². The maximum absolute atomic E-state index is 15.0. The van der Waals surface area contributed by atoms with Gasteiger partial charge < -0.3 is 9.80 Å². The van der Waals surface area contributed by atoms with Gasteiger partial charge in [-0.25, -0.2) is 8.78 Å². The zero-order chi connectivity index (χ0) is 31.4. The summed E-state index contributed by atoms with van der Waals surface area (Å²) in [7, 11) is 0. The van der Waals surface area contributed by atoms with Crippen LogP contribution >= 0.6 is 0 Å². The molecule has 232 valence electrons. The standard InChI is InChI=1S/C35H45F2N3O3/c1-21(2)40(23(4)42)32-17-25-16-24(22(3)41)8-11-30(25)35(32)12-14-38(15-13-35)33(43)29-20-39(34(5,6)7)19-28(29)27-10-9-26(36)18-31(27)37/h8-11,16,18,21,28-29,32H,12-15,17,19-20H2,1-7H3/t28-,29+,32+/m0/s1. The maximum Gasteiger partial charge on any atom is 0.227 e. The number of halogens is 2. The van der Waals surface area contributed by atoms with Crippen molar-refractivity contribution >= 4 is 17.6 Å². The van der Waals surface area contributed by atoms with Crippen molar-refractivity contribution in [1.29, 1.82) is 0 Å². The fourth-order valence-corrected chi connectivity index (χ4v) is 8.04. The highest BCUT2D eigenvalue weighted by Crippen LogP contribution is 2.50. The normalized spacial score (nSPS) is 23.6. The van der Waals surface area contributed by atoms with Crippen LogP contribution in [0.1, 0.15) is 94.3 Å². The van der Waals surface area contributed by atoms with Gasteiger partial charge in [0.2, 0.25) is 11.8 Å². The van der Waals surface area contributed by atoms with Gasteiger partial charge in [-0.15, -0.1) is 0 Å². The predicted molar refractivity (Wildman–Crippen MR) is 163 cm³/mol. The zero-order valence-electron chi connectivity index (χ0n) is 26.5. The molecule has 6 nitrogen and oxygen atoms in total. The lowest BCUT2D eigenvalue weighted by atomic mass is 9.70. The molecule has 8 heteroatoms. The summed E-state index contributed by atoms with van der Waals surface area (Å²) >= 11 is 0. The van der Waals surface area contributed by atoms with Crippen molar-refractivity contribution in [2.24, 2.45) is 5.92 Å². The average Bonchev–Trinajstić information content (AvgIpc) is 3.49.